The van der Waals surface area contributed by atoms with Crippen molar-refractivity contribution in [3.8, 4) is 11.5 Å². The van der Waals surface area contributed by atoms with Crippen LogP contribution in [0.5, 0.6) is 0 Å². The Bertz CT molecular complexity index is 762. The summed E-state index contributed by atoms with van der Waals surface area (Å²) in [5, 5.41) is 2.83. The molecule has 0 aliphatic rings. The average molecular weight is 352 g/mol. The van der Waals surface area contributed by atoms with E-state index in [2.05, 4.69) is 14.4 Å². The molecule has 0 aliphatic carbocycles. The number of nitrogens with zero attached hydrogens (tertiary/aromatic N) is 1. The molecule has 0 aliphatic heterocycles. The Labute approximate surface area is 130 Å². The third-order valence-corrected chi connectivity index (χ3v) is 4.24. The number of furan rings is 1. The van der Waals surface area contributed by atoms with Gasteiger partial charge in [-0.3, -0.25) is 0 Å². The van der Waals surface area contributed by atoms with Gasteiger partial charge in [0.05, 0.1) is 0 Å². The highest BCUT2D eigenvalue weighted by molar-refractivity contribution is 7.89. The van der Waals surface area contributed by atoms with E-state index in [0.717, 1.165) is 6.07 Å². The Morgan fingerprint density at radius 3 is 2.57 bits per heavy atom. The van der Waals surface area contributed by atoms with Crippen molar-refractivity contribution >= 4 is 10.0 Å². The number of aromatic nitrogens is 1. The standard InChI is InChI=1S/C13H15F3N2O4S/c1-8(2)5-6-17-23(19,20)12-4-3-10(21-12)9-7-11(22-18-9)13(14,15)16/h3-4,7-8,17H,5-6H2,1-2H3. The minimum atomic E-state index is -4.68. The van der Waals surface area contributed by atoms with Crippen LogP contribution in [0.25, 0.3) is 11.5 Å². The van der Waals surface area contributed by atoms with Gasteiger partial charge in [-0.1, -0.05) is 19.0 Å². The van der Waals surface area contributed by atoms with Gasteiger partial charge >= 0.3 is 6.18 Å². The molecular formula is C13H15F3N2O4S. The molecule has 0 unspecified atom stereocenters. The Morgan fingerprint density at radius 1 is 1.30 bits per heavy atom. The van der Waals surface area contributed by atoms with Gasteiger partial charge in [-0.2, -0.15) is 13.2 Å². The first kappa shape index (κ1) is 17.5. The van der Waals surface area contributed by atoms with E-state index in [0.29, 0.717) is 18.4 Å². The molecule has 2 rings (SSSR count). The Morgan fingerprint density at radius 2 is 2.00 bits per heavy atom. The zero-order chi connectivity index (χ0) is 17.3. The second-order valence-corrected chi connectivity index (χ2v) is 6.97. The van der Waals surface area contributed by atoms with Crippen LogP contribution in [-0.4, -0.2) is 20.1 Å². The zero-order valence-corrected chi connectivity index (χ0v) is 13.2. The lowest BCUT2D eigenvalue weighted by Gasteiger charge is -2.05. The quantitative estimate of drug-likeness (QED) is 0.862. The number of rotatable bonds is 6. The fourth-order valence-corrected chi connectivity index (χ4v) is 2.66. The Hall–Kier alpha value is -1.81. The number of sulfonamides is 1. The Kier molecular flexibility index (Phi) is 4.85. The summed E-state index contributed by atoms with van der Waals surface area (Å²) in [6, 6.07) is 3.01. The van der Waals surface area contributed by atoms with Gasteiger partial charge in [0.1, 0.15) is 5.69 Å². The highest BCUT2D eigenvalue weighted by Crippen LogP contribution is 2.33. The average Bonchev–Trinajstić information content (AvgIpc) is 3.06. The molecule has 23 heavy (non-hydrogen) atoms. The summed E-state index contributed by atoms with van der Waals surface area (Å²) in [4.78, 5) is 0. The second kappa shape index (κ2) is 6.36. The van der Waals surface area contributed by atoms with Crippen LogP contribution in [0.3, 0.4) is 0 Å². The lowest BCUT2D eigenvalue weighted by molar-refractivity contribution is -0.155. The van der Waals surface area contributed by atoms with E-state index in [-0.39, 0.29) is 18.0 Å². The maximum Gasteiger partial charge on any atom is 0.452 e. The van der Waals surface area contributed by atoms with Crippen molar-refractivity contribution in [1.29, 1.82) is 0 Å². The molecule has 0 bridgehead atoms. The first-order chi connectivity index (χ1) is 10.6. The van der Waals surface area contributed by atoms with Crippen LogP contribution in [0.15, 0.2) is 32.2 Å². The van der Waals surface area contributed by atoms with Crippen LogP contribution >= 0.6 is 0 Å². The van der Waals surface area contributed by atoms with Gasteiger partial charge in [-0.15, -0.1) is 0 Å². The van der Waals surface area contributed by atoms with Crippen molar-refractivity contribution in [2.45, 2.75) is 31.5 Å². The van der Waals surface area contributed by atoms with E-state index >= 15 is 0 Å². The first-order valence-electron chi connectivity index (χ1n) is 6.73. The third-order valence-electron chi connectivity index (χ3n) is 2.90. The lowest BCUT2D eigenvalue weighted by atomic mass is 10.1. The number of nitrogens with one attached hydrogen (secondary N) is 1. The Balaban J connectivity index is 2.15. The van der Waals surface area contributed by atoms with Crippen molar-refractivity contribution < 1.29 is 30.5 Å². The van der Waals surface area contributed by atoms with Gasteiger partial charge in [-0.05, 0) is 24.5 Å². The molecule has 0 saturated carbocycles. The SMILES string of the molecule is CC(C)CCNS(=O)(=O)c1ccc(-c2cc(C(F)(F)F)on2)o1. The lowest BCUT2D eigenvalue weighted by Crippen LogP contribution is -2.25. The van der Waals surface area contributed by atoms with E-state index in [1.807, 2.05) is 13.8 Å². The molecular weight excluding hydrogens is 337 g/mol. The number of hydrogen-bond donors (Lipinski definition) is 1. The molecule has 0 amide bonds. The molecule has 1 N–H and O–H groups in total. The summed E-state index contributed by atoms with van der Waals surface area (Å²) >= 11 is 0. The molecule has 2 aromatic rings. The normalized spacial score (nSPS) is 13.0. The predicted molar refractivity (Wildman–Crippen MR) is 73.9 cm³/mol. The fourth-order valence-electron chi connectivity index (χ4n) is 1.68. The molecule has 10 heteroatoms. The zero-order valence-electron chi connectivity index (χ0n) is 12.3. The number of halogens is 3. The summed E-state index contributed by atoms with van der Waals surface area (Å²) < 4.78 is 72.9. The number of hydrogen-bond acceptors (Lipinski definition) is 5. The van der Waals surface area contributed by atoms with Crippen molar-refractivity contribution in [2.75, 3.05) is 6.54 Å². The molecule has 6 nitrogen and oxygen atoms in total. The minimum absolute atomic E-state index is 0.131. The second-order valence-electron chi connectivity index (χ2n) is 5.27. The summed E-state index contributed by atoms with van der Waals surface area (Å²) in [6.45, 7) is 4.13. The van der Waals surface area contributed by atoms with Crippen LogP contribution in [0.2, 0.25) is 0 Å². The topological polar surface area (TPSA) is 85.3 Å². The van der Waals surface area contributed by atoms with Gasteiger partial charge < -0.3 is 8.94 Å². The summed E-state index contributed by atoms with van der Waals surface area (Å²) in [5.74, 6) is -1.10. The van der Waals surface area contributed by atoms with Crippen LogP contribution < -0.4 is 4.72 Å². The van der Waals surface area contributed by atoms with E-state index in [9.17, 15) is 21.6 Å². The van der Waals surface area contributed by atoms with Crippen LogP contribution in [0.1, 0.15) is 26.0 Å². The van der Waals surface area contributed by atoms with Crippen molar-refractivity contribution in [1.82, 2.24) is 9.88 Å². The van der Waals surface area contributed by atoms with Crippen molar-refractivity contribution in [3.05, 3.63) is 24.0 Å². The largest absolute Gasteiger partial charge is 0.452 e. The van der Waals surface area contributed by atoms with Gasteiger partial charge in [0.2, 0.25) is 10.9 Å². The number of alkyl halides is 3. The molecule has 2 aromatic heterocycles. The minimum Gasteiger partial charge on any atom is -0.441 e. The fraction of sp³-hybridized carbons (Fsp3) is 0.462. The predicted octanol–water partition coefficient (Wildman–Crippen LogP) is 3.28. The van der Waals surface area contributed by atoms with Crippen molar-refractivity contribution in [2.24, 2.45) is 5.92 Å². The molecule has 0 aromatic carbocycles. The van der Waals surface area contributed by atoms with Gasteiger partial charge in [-0.25, -0.2) is 13.1 Å². The molecule has 0 fully saturated rings. The first-order valence-corrected chi connectivity index (χ1v) is 8.21. The highest BCUT2D eigenvalue weighted by Gasteiger charge is 2.36. The summed E-state index contributed by atoms with van der Waals surface area (Å²) in [7, 11) is -3.86. The summed E-state index contributed by atoms with van der Waals surface area (Å²) in [5.41, 5.74) is -0.235. The van der Waals surface area contributed by atoms with E-state index < -0.39 is 27.1 Å². The molecule has 128 valence electrons. The van der Waals surface area contributed by atoms with Crippen molar-refractivity contribution in [3.63, 3.8) is 0 Å². The maximum absolute atomic E-state index is 12.4. The van der Waals surface area contributed by atoms with E-state index in [1.165, 1.54) is 6.07 Å². The van der Waals surface area contributed by atoms with E-state index in [4.69, 9.17) is 4.42 Å². The van der Waals surface area contributed by atoms with Crippen LogP contribution in [0, 0.1) is 5.92 Å². The highest BCUT2D eigenvalue weighted by atomic mass is 32.2. The molecule has 0 saturated heterocycles. The van der Waals surface area contributed by atoms with Gasteiger partial charge in [0, 0.05) is 12.6 Å². The van der Waals surface area contributed by atoms with Crippen LogP contribution in [-0.2, 0) is 16.2 Å². The molecule has 2 heterocycles. The van der Waals surface area contributed by atoms with Crippen LogP contribution in [0.4, 0.5) is 13.2 Å². The smallest absolute Gasteiger partial charge is 0.441 e. The summed E-state index contributed by atoms with van der Waals surface area (Å²) in [6.07, 6.45) is -4.03. The molecule has 0 atom stereocenters. The van der Waals surface area contributed by atoms with Gasteiger partial charge in [0.15, 0.2) is 5.76 Å². The molecule has 0 spiro atoms. The molecule has 0 radical (unpaired) electrons. The third kappa shape index (κ3) is 4.35. The van der Waals surface area contributed by atoms with E-state index in [1.54, 1.807) is 0 Å². The monoisotopic (exact) mass is 352 g/mol. The maximum atomic E-state index is 12.4. The van der Waals surface area contributed by atoms with Gasteiger partial charge in [0.25, 0.3) is 10.0 Å².